The number of rotatable bonds is 9. The van der Waals surface area contributed by atoms with Gasteiger partial charge in [0.05, 0.1) is 0 Å². The topological polar surface area (TPSA) is 63.2 Å². The van der Waals surface area contributed by atoms with Crippen molar-refractivity contribution < 1.29 is 4.74 Å². The van der Waals surface area contributed by atoms with Gasteiger partial charge in [-0.2, -0.15) is 9.97 Å². The summed E-state index contributed by atoms with van der Waals surface area (Å²) in [6, 6.07) is 17.5. The number of hydrogen-bond acceptors (Lipinski definition) is 6. The van der Waals surface area contributed by atoms with E-state index in [0.717, 1.165) is 36.4 Å². The van der Waals surface area contributed by atoms with E-state index in [2.05, 4.69) is 25.2 Å². The highest BCUT2D eigenvalue weighted by molar-refractivity contribution is 6.66. The zero-order chi connectivity index (χ0) is 23.1. The lowest BCUT2D eigenvalue weighted by molar-refractivity contribution is 0.306. The number of anilines is 1. The Labute approximate surface area is 209 Å². The van der Waals surface area contributed by atoms with Crippen molar-refractivity contribution in [3.63, 3.8) is 0 Å². The first-order chi connectivity index (χ1) is 16.0. The monoisotopic (exact) mass is 505 g/mol. The average molecular weight is 507 g/mol. The number of halogens is 3. The van der Waals surface area contributed by atoms with E-state index in [1.54, 1.807) is 0 Å². The largest absolute Gasteiger partial charge is 0.489 e. The van der Waals surface area contributed by atoms with Gasteiger partial charge in [-0.15, -0.1) is 0 Å². The lowest BCUT2D eigenvalue weighted by atomic mass is 10.2. The van der Waals surface area contributed by atoms with Crippen LogP contribution >= 0.6 is 34.8 Å². The van der Waals surface area contributed by atoms with E-state index in [4.69, 9.17) is 39.5 Å². The molecule has 174 valence electrons. The molecule has 1 aromatic heterocycles. The van der Waals surface area contributed by atoms with Gasteiger partial charge in [0.15, 0.2) is 11.6 Å². The molecule has 0 bridgehead atoms. The number of hydrogen-bond donors (Lipinski definition) is 1. The van der Waals surface area contributed by atoms with Crippen molar-refractivity contribution in [2.75, 3.05) is 31.5 Å². The minimum absolute atomic E-state index is 0.0870. The predicted octanol–water partition coefficient (Wildman–Crippen LogP) is 5.84. The fraction of sp³-hybridized carbons (Fsp3) is 0.375. The lowest BCUT2D eigenvalue weighted by Gasteiger charge is -2.15. The Morgan fingerprint density at radius 1 is 0.909 bits per heavy atom. The van der Waals surface area contributed by atoms with Gasteiger partial charge in [0.1, 0.15) is 12.4 Å². The molecule has 33 heavy (non-hydrogen) atoms. The summed E-state index contributed by atoms with van der Waals surface area (Å²) in [7, 11) is 0. The van der Waals surface area contributed by atoms with Crippen LogP contribution in [0.25, 0.3) is 11.4 Å². The van der Waals surface area contributed by atoms with Gasteiger partial charge >= 0.3 is 0 Å². The number of ether oxygens (including phenoxy) is 1. The minimum atomic E-state index is -1.75. The minimum Gasteiger partial charge on any atom is -0.489 e. The first kappa shape index (κ1) is 24.0. The molecule has 0 saturated carbocycles. The molecule has 1 saturated heterocycles. The van der Waals surface area contributed by atoms with E-state index < -0.39 is 3.79 Å². The van der Waals surface area contributed by atoms with Crippen LogP contribution in [-0.2, 0) is 10.4 Å². The van der Waals surface area contributed by atoms with Crippen LogP contribution in [0.5, 0.6) is 5.75 Å². The van der Waals surface area contributed by atoms with Crippen LogP contribution in [0, 0.1) is 0 Å². The molecule has 2 heterocycles. The fourth-order valence-corrected chi connectivity index (χ4v) is 3.91. The molecular weight excluding hydrogens is 481 g/mol. The molecule has 0 unspecified atom stereocenters. The Morgan fingerprint density at radius 3 is 2.33 bits per heavy atom. The third-order valence-corrected chi connectivity index (χ3v) is 5.89. The molecule has 1 N–H and O–H groups in total. The number of nitrogens with one attached hydrogen (secondary N) is 1. The summed E-state index contributed by atoms with van der Waals surface area (Å²) >= 11 is 18.3. The van der Waals surface area contributed by atoms with Crippen molar-refractivity contribution >= 4 is 40.8 Å². The summed E-state index contributed by atoms with van der Waals surface area (Å²) in [5.41, 5.74) is 1.88. The molecule has 0 spiro atoms. The number of likely N-dealkylation sites (tertiary alicyclic amines) is 1. The number of aromatic nitrogens is 3. The van der Waals surface area contributed by atoms with E-state index in [-0.39, 0.29) is 5.82 Å². The highest BCUT2D eigenvalue weighted by Gasteiger charge is 2.28. The van der Waals surface area contributed by atoms with E-state index in [0.29, 0.717) is 18.4 Å². The lowest BCUT2D eigenvalue weighted by Crippen LogP contribution is -2.23. The number of benzene rings is 2. The van der Waals surface area contributed by atoms with Gasteiger partial charge in [-0.05, 0) is 68.7 Å². The van der Waals surface area contributed by atoms with Gasteiger partial charge in [0.2, 0.25) is 9.74 Å². The van der Waals surface area contributed by atoms with Crippen molar-refractivity contribution in [2.24, 2.45) is 0 Å². The third kappa shape index (κ3) is 7.18. The molecule has 9 heteroatoms. The summed E-state index contributed by atoms with van der Waals surface area (Å²) in [5, 5.41) is 3.25. The normalized spacial score (nSPS) is 14.4. The fourth-order valence-electron chi connectivity index (χ4n) is 3.66. The Kier molecular flexibility index (Phi) is 8.25. The Morgan fingerprint density at radius 2 is 1.64 bits per heavy atom. The van der Waals surface area contributed by atoms with Gasteiger partial charge in [0.25, 0.3) is 0 Å². The molecule has 0 amide bonds. The van der Waals surface area contributed by atoms with Crippen molar-refractivity contribution in [2.45, 2.75) is 29.7 Å². The number of alkyl halides is 3. The zero-order valence-electron chi connectivity index (χ0n) is 18.2. The molecule has 0 aliphatic carbocycles. The Hall–Kier alpha value is -2.12. The molecule has 1 fully saturated rings. The van der Waals surface area contributed by atoms with Crippen LogP contribution < -0.4 is 10.1 Å². The summed E-state index contributed by atoms with van der Waals surface area (Å²) < 4.78 is 4.11. The van der Waals surface area contributed by atoms with Crippen molar-refractivity contribution in [1.29, 1.82) is 0 Å². The molecule has 3 aromatic rings. The van der Waals surface area contributed by atoms with E-state index >= 15 is 0 Å². The van der Waals surface area contributed by atoms with E-state index in [9.17, 15) is 0 Å². The number of nitrogens with zero attached hydrogens (tertiary/aromatic N) is 4. The molecule has 2 aromatic carbocycles. The van der Waals surface area contributed by atoms with Crippen molar-refractivity contribution in [3.05, 3.63) is 66.0 Å². The van der Waals surface area contributed by atoms with Crippen LogP contribution in [0.3, 0.4) is 0 Å². The van der Waals surface area contributed by atoms with Crippen LogP contribution in [0.15, 0.2) is 54.6 Å². The summed E-state index contributed by atoms with van der Waals surface area (Å²) in [6.45, 7) is 4.63. The van der Waals surface area contributed by atoms with Crippen molar-refractivity contribution in [1.82, 2.24) is 19.9 Å². The summed E-state index contributed by atoms with van der Waals surface area (Å²) in [5.74, 6) is 1.66. The highest BCUT2D eigenvalue weighted by Crippen LogP contribution is 2.37. The van der Waals surface area contributed by atoms with Crippen LogP contribution in [-0.4, -0.2) is 46.0 Å². The van der Waals surface area contributed by atoms with Gasteiger partial charge in [0, 0.05) is 12.1 Å². The van der Waals surface area contributed by atoms with Gasteiger partial charge in [-0.25, -0.2) is 4.98 Å². The molecular formula is C24H26Cl3N5O. The van der Waals surface area contributed by atoms with Crippen molar-refractivity contribution in [3.8, 4) is 17.1 Å². The smallest absolute Gasteiger partial charge is 0.250 e. The second-order valence-electron chi connectivity index (χ2n) is 7.93. The standard InChI is InChI=1S/C24H26Cl3N5O/c25-24(26,27)22-29-21(30-23(31-22)28-13-6-16-32-14-4-5-15-32)19-9-11-20(12-10-19)33-17-18-7-2-1-3-8-18/h1-3,7-12H,4-6,13-17H2,(H,28,29,30,31). The Balaban J connectivity index is 1.43. The molecule has 0 atom stereocenters. The van der Waals surface area contributed by atoms with Gasteiger partial charge < -0.3 is 15.0 Å². The molecule has 1 aliphatic rings. The quantitative estimate of drug-likeness (QED) is 0.290. The molecule has 0 radical (unpaired) electrons. The van der Waals surface area contributed by atoms with Gasteiger partial charge in [-0.3, -0.25) is 0 Å². The van der Waals surface area contributed by atoms with E-state index in [1.165, 1.54) is 25.9 Å². The summed E-state index contributed by atoms with van der Waals surface area (Å²) in [4.78, 5) is 15.7. The maximum Gasteiger partial charge on any atom is 0.250 e. The first-order valence-electron chi connectivity index (χ1n) is 11.0. The summed E-state index contributed by atoms with van der Waals surface area (Å²) in [6.07, 6.45) is 3.55. The van der Waals surface area contributed by atoms with E-state index in [1.807, 2.05) is 54.6 Å². The van der Waals surface area contributed by atoms with Crippen LogP contribution in [0.1, 0.15) is 30.7 Å². The average Bonchev–Trinajstić information content (AvgIpc) is 3.34. The molecule has 6 nitrogen and oxygen atoms in total. The second kappa shape index (κ2) is 11.3. The van der Waals surface area contributed by atoms with Gasteiger partial charge in [-0.1, -0.05) is 65.1 Å². The van der Waals surface area contributed by atoms with Crippen LogP contribution in [0.4, 0.5) is 5.95 Å². The maximum absolute atomic E-state index is 6.09. The third-order valence-electron chi connectivity index (χ3n) is 5.38. The predicted molar refractivity (Wildman–Crippen MR) is 134 cm³/mol. The second-order valence-corrected chi connectivity index (χ2v) is 10.2. The zero-order valence-corrected chi connectivity index (χ0v) is 20.5. The molecule has 1 aliphatic heterocycles. The molecule has 4 rings (SSSR count). The first-order valence-corrected chi connectivity index (χ1v) is 12.2. The highest BCUT2D eigenvalue weighted by atomic mass is 35.6. The Bertz CT molecular complexity index is 1020. The van der Waals surface area contributed by atoms with Crippen LogP contribution in [0.2, 0.25) is 0 Å². The maximum atomic E-state index is 6.09. The SMILES string of the molecule is ClC(Cl)(Cl)c1nc(NCCCN2CCCC2)nc(-c2ccc(OCc3ccccc3)cc2)n1.